The van der Waals surface area contributed by atoms with Crippen LogP contribution in [0.1, 0.15) is 18.4 Å². The highest BCUT2D eigenvalue weighted by molar-refractivity contribution is 5.84. The maximum absolute atomic E-state index is 12.0. The minimum Gasteiger partial charge on any atom is -0.480 e. The number of aromatic nitrogens is 1. The van der Waals surface area contributed by atoms with Crippen LogP contribution in [0, 0.1) is 0 Å². The smallest absolute Gasteiger partial charge is 0.326 e. The Kier molecular flexibility index (Phi) is 6.06. The van der Waals surface area contributed by atoms with E-state index in [1.165, 1.54) is 12.0 Å². The minimum atomic E-state index is -0.964. The molecule has 1 saturated heterocycles. The van der Waals surface area contributed by atoms with Gasteiger partial charge in [0.05, 0.1) is 0 Å². The van der Waals surface area contributed by atoms with Crippen molar-refractivity contribution in [3.05, 3.63) is 30.1 Å². The quantitative estimate of drug-likeness (QED) is 0.826. The largest absolute Gasteiger partial charge is 0.480 e. The fraction of sp³-hybridized carbons (Fsp3) is 0.562. The van der Waals surface area contributed by atoms with Gasteiger partial charge < -0.3 is 14.7 Å². The number of ether oxygens (including phenoxy) is 1. The van der Waals surface area contributed by atoms with Gasteiger partial charge in [-0.3, -0.25) is 14.7 Å². The summed E-state index contributed by atoms with van der Waals surface area (Å²) in [7, 11) is 3.41. The number of carbonyl (C=O) groups excluding carboxylic acids is 1. The van der Waals surface area contributed by atoms with Gasteiger partial charge in [0.25, 0.3) is 0 Å². The highest BCUT2D eigenvalue weighted by Gasteiger charge is 2.37. The molecule has 1 amide bonds. The summed E-state index contributed by atoms with van der Waals surface area (Å²) in [6, 6.07) is 3.20. The number of carbonyl (C=O) groups is 2. The molecule has 2 atom stereocenters. The molecule has 0 spiro atoms. The fourth-order valence-electron chi connectivity index (χ4n) is 2.99. The summed E-state index contributed by atoms with van der Waals surface area (Å²) in [6.07, 6.45) is 4.70. The summed E-state index contributed by atoms with van der Waals surface area (Å²) in [6.45, 7) is 1.05. The third kappa shape index (κ3) is 4.49. The zero-order valence-electron chi connectivity index (χ0n) is 13.5. The highest BCUT2D eigenvalue weighted by atomic mass is 16.5. The SMILES string of the molecule is COCC(=O)N1CC[C@H](N(C)Cc2cccnc2)C[C@H]1C(=O)O. The maximum Gasteiger partial charge on any atom is 0.326 e. The summed E-state index contributed by atoms with van der Waals surface area (Å²) < 4.78 is 4.84. The number of rotatable bonds is 6. The van der Waals surface area contributed by atoms with Gasteiger partial charge in [0.2, 0.25) is 5.91 Å². The predicted octanol–water partition coefficient (Wildman–Crippen LogP) is 0.604. The molecule has 1 aliphatic rings. The van der Waals surface area contributed by atoms with E-state index in [2.05, 4.69) is 9.88 Å². The molecule has 0 unspecified atom stereocenters. The van der Waals surface area contributed by atoms with Crippen LogP contribution in [0.2, 0.25) is 0 Å². The molecule has 126 valence electrons. The average molecular weight is 321 g/mol. The molecule has 0 aliphatic carbocycles. The highest BCUT2D eigenvalue weighted by Crippen LogP contribution is 2.23. The molecule has 0 saturated carbocycles. The molecule has 0 bridgehead atoms. The van der Waals surface area contributed by atoms with Crippen LogP contribution >= 0.6 is 0 Å². The number of nitrogens with zero attached hydrogens (tertiary/aromatic N) is 3. The molecule has 1 aromatic heterocycles. The third-order valence-corrected chi connectivity index (χ3v) is 4.23. The van der Waals surface area contributed by atoms with Crippen LogP contribution in [-0.2, 0) is 20.9 Å². The van der Waals surface area contributed by atoms with Crippen molar-refractivity contribution in [2.45, 2.75) is 31.5 Å². The number of hydrogen-bond donors (Lipinski definition) is 1. The van der Waals surface area contributed by atoms with Crippen molar-refractivity contribution >= 4 is 11.9 Å². The number of hydrogen-bond acceptors (Lipinski definition) is 5. The molecule has 7 nitrogen and oxygen atoms in total. The predicted molar refractivity (Wildman–Crippen MR) is 83.7 cm³/mol. The van der Waals surface area contributed by atoms with Crippen LogP contribution in [0.5, 0.6) is 0 Å². The lowest BCUT2D eigenvalue weighted by molar-refractivity contribution is -0.155. The number of piperidine rings is 1. The van der Waals surface area contributed by atoms with Gasteiger partial charge in [0, 0.05) is 38.6 Å². The molecule has 1 N–H and O–H groups in total. The van der Waals surface area contributed by atoms with E-state index in [9.17, 15) is 14.7 Å². The molecule has 2 rings (SSSR count). The molecular weight excluding hydrogens is 298 g/mol. The number of likely N-dealkylation sites (tertiary alicyclic amines) is 1. The molecule has 1 aliphatic heterocycles. The number of carboxylic acids is 1. The van der Waals surface area contributed by atoms with Crippen molar-refractivity contribution in [1.29, 1.82) is 0 Å². The first-order chi connectivity index (χ1) is 11.0. The molecule has 2 heterocycles. The van der Waals surface area contributed by atoms with Gasteiger partial charge in [-0.15, -0.1) is 0 Å². The van der Waals surface area contributed by atoms with Gasteiger partial charge >= 0.3 is 5.97 Å². The molecule has 23 heavy (non-hydrogen) atoms. The lowest BCUT2D eigenvalue weighted by Crippen LogP contribution is -2.55. The molecule has 0 aromatic carbocycles. The molecule has 7 heteroatoms. The fourth-order valence-corrected chi connectivity index (χ4v) is 2.99. The van der Waals surface area contributed by atoms with E-state index in [4.69, 9.17) is 4.74 Å². The number of carboxylic acid groups (broad SMARTS) is 1. The second-order valence-corrected chi connectivity index (χ2v) is 5.83. The molecule has 1 fully saturated rings. The first kappa shape index (κ1) is 17.4. The summed E-state index contributed by atoms with van der Waals surface area (Å²) >= 11 is 0. The van der Waals surface area contributed by atoms with Crippen LogP contribution < -0.4 is 0 Å². The lowest BCUT2D eigenvalue weighted by Gasteiger charge is -2.40. The molecular formula is C16H23N3O4. The number of methoxy groups -OCH3 is 1. The summed E-state index contributed by atoms with van der Waals surface area (Å²) in [5.41, 5.74) is 1.08. The van der Waals surface area contributed by atoms with E-state index in [0.717, 1.165) is 12.0 Å². The van der Waals surface area contributed by atoms with Gasteiger partial charge in [0.15, 0.2) is 0 Å². The topological polar surface area (TPSA) is 83.0 Å². The van der Waals surface area contributed by atoms with Gasteiger partial charge in [-0.1, -0.05) is 6.07 Å². The van der Waals surface area contributed by atoms with Gasteiger partial charge in [-0.25, -0.2) is 4.79 Å². The number of aliphatic carboxylic acids is 1. The maximum atomic E-state index is 12.0. The zero-order valence-corrected chi connectivity index (χ0v) is 13.5. The van der Waals surface area contributed by atoms with Crippen molar-refractivity contribution in [1.82, 2.24) is 14.8 Å². The average Bonchev–Trinajstić information content (AvgIpc) is 2.55. The second-order valence-electron chi connectivity index (χ2n) is 5.83. The Morgan fingerprint density at radius 1 is 1.52 bits per heavy atom. The van der Waals surface area contributed by atoms with Gasteiger partial charge in [-0.2, -0.15) is 0 Å². The van der Waals surface area contributed by atoms with Crippen LogP contribution in [0.15, 0.2) is 24.5 Å². The van der Waals surface area contributed by atoms with E-state index in [1.807, 2.05) is 25.4 Å². The zero-order chi connectivity index (χ0) is 16.8. The van der Waals surface area contributed by atoms with Crippen LogP contribution in [-0.4, -0.2) is 71.2 Å². The first-order valence-electron chi connectivity index (χ1n) is 7.63. The van der Waals surface area contributed by atoms with E-state index in [-0.39, 0.29) is 18.6 Å². The first-order valence-corrected chi connectivity index (χ1v) is 7.63. The summed E-state index contributed by atoms with van der Waals surface area (Å²) in [5, 5.41) is 9.45. The lowest BCUT2D eigenvalue weighted by atomic mass is 9.95. The standard InChI is InChI=1S/C16H23N3O4/c1-18(10-12-4-3-6-17-9-12)13-5-7-19(15(20)11-23-2)14(8-13)16(21)22/h3-4,6,9,13-14H,5,7-8,10-11H2,1-2H3,(H,21,22)/t13-,14-/m0/s1. The Morgan fingerprint density at radius 2 is 2.30 bits per heavy atom. The van der Waals surface area contributed by atoms with Crippen molar-refractivity contribution in [3.63, 3.8) is 0 Å². The minimum absolute atomic E-state index is 0.0834. The van der Waals surface area contributed by atoms with Crippen LogP contribution in [0.3, 0.4) is 0 Å². The van der Waals surface area contributed by atoms with Crippen molar-refractivity contribution < 1.29 is 19.4 Å². The van der Waals surface area contributed by atoms with Gasteiger partial charge in [0.1, 0.15) is 12.6 Å². The third-order valence-electron chi connectivity index (χ3n) is 4.23. The Labute approximate surface area is 135 Å². The number of amides is 1. The van der Waals surface area contributed by atoms with E-state index in [0.29, 0.717) is 19.5 Å². The van der Waals surface area contributed by atoms with Crippen molar-refractivity contribution in [2.24, 2.45) is 0 Å². The summed E-state index contributed by atoms with van der Waals surface area (Å²) in [5.74, 6) is -1.23. The normalized spacial score (nSPS) is 21.4. The molecule has 0 radical (unpaired) electrons. The Balaban J connectivity index is 2.01. The summed E-state index contributed by atoms with van der Waals surface area (Å²) in [4.78, 5) is 31.2. The number of pyridine rings is 1. The van der Waals surface area contributed by atoms with E-state index in [1.54, 1.807) is 6.20 Å². The van der Waals surface area contributed by atoms with Crippen LogP contribution in [0.25, 0.3) is 0 Å². The van der Waals surface area contributed by atoms with Crippen molar-refractivity contribution in [3.8, 4) is 0 Å². The van der Waals surface area contributed by atoms with Gasteiger partial charge in [-0.05, 0) is 31.5 Å². The second kappa shape index (κ2) is 8.03. The Bertz CT molecular complexity index is 537. The van der Waals surface area contributed by atoms with Crippen LogP contribution in [0.4, 0.5) is 0 Å². The molecule has 1 aromatic rings. The van der Waals surface area contributed by atoms with E-state index < -0.39 is 12.0 Å². The monoisotopic (exact) mass is 321 g/mol. The van der Waals surface area contributed by atoms with Crippen molar-refractivity contribution in [2.75, 3.05) is 27.3 Å². The Morgan fingerprint density at radius 3 is 2.91 bits per heavy atom. The van der Waals surface area contributed by atoms with E-state index >= 15 is 0 Å². The Hall–Kier alpha value is -1.99.